The minimum atomic E-state index is -1.11. The molecule has 0 spiro atoms. The molecule has 0 aliphatic heterocycles. The van der Waals surface area contributed by atoms with Gasteiger partial charge in [-0.1, -0.05) is 19.6 Å². The number of ether oxygens (including phenoxy) is 2. The van der Waals surface area contributed by atoms with Crippen molar-refractivity contribution in [2.45, 2.75) is 25.7 Å². The molecule has 0 radical (unpaired) electrons. The van der Waals surface area contributed by atoms with Crippen molar-refractivity contribution < 1.29 is 19.4 Å². The lowest BCUT2D eigenvalue weighted by Crippen LogP contribution is -2.22. The zero-order valence-corrected chi connectivity index (χ0v) is 13.6. The molecule has 2 rings (SSSR count). The molecule has 2 aromatic rings. The lowest BCUT2D eigenvalue weighted by atomic mass is 10.1. The Morgan fingerprint density at radius 2 is 2.10 bits per heavy atom. The second-order valence-electron chi connectivity index (χ2n) is 6.20. The first kappa shape index (κ1) is 15.6. The molecule has 0 unspecified atom stereocenters. The molecule has 0 atom stereocenters. The Morgan fingerprint density at radius 1 is 1.33 bits per heavy atom. The normalized spacial score (nSPS) is 11.8. The highest BCUT2D eigenvalue weighted by Gasteiger charge is 2.13. The fraction of sp³-hybridized carbons (Fsp3) is 0.400. The number of H-pyrrole nitrogens is 1. The number of aromatic amines is 1. The van der Waals surface area contributed by atoms with Crippen molar-refractivity contribution in [3.05, 3.63) is 30.0 Å². The predicted octanol–water partition coefficient (Wildman–Crippen LogP) is 3.56. The number of carbonyl (C=O) groups is 1. The highest BCUT2D eigenvalue weighted by Crippen LogP contribution is 2.27. The number of hydrogen-bond acceptors (Lipinski definition) is 3. The van der Waals surface area contributed by atoms with Crippen molar-refractivity contribution in [2.24, 2.45) is 0 Å². The zero-order valence-electron chi connectivity index (χ0n) is 12.6. The molecule has 5 nitrogen and oxygen atoms in total. The summed E-state index contributed by atoms with van der Waals surface area (Å²) in [6, 6.07) is 6.06. The molecule has 21 heavy (non-hydrogen) atoms. The van der Waals surface area contributed by atoms with Crippen molar-refractivity contribution in [1.82, 2.24) is 4.98 Å². The van der Waals surface area contributed by atoms with Crippen LogP contribution in [-0.4, -0.2) is 37.5 Å². The van der Waals surface area contributed by atoms with E-state index in [1.165, 1.54) is 6.07 Å². The first-order chi connectivity index (χ1) is 9.87. The van der Waals surface area contributed by atoms with Crippen LogP contribution in [0.15, 0.2) is 24.4 Å². The summed E-state index contributed by atoms with van der Waals surface area (Å²) < 4.78 is 11.1. The molecule has 0 amide bonds. The van der Waals surface area contributed by atoms with Gasteiger partial charge in [0, 0.05) is 31.8 Å². The number of hydrogen-bond donors (Lipinski definition) is 2. The lowest BCUT2D eigenvalue weighted by Gasteiger charge is -2.15. The van der Waals surface area contributed by atoms with E-state index >= 15 is 0 Å². The van der Waals surface area contributed by atoms with Gasteiger partial charge in [-0.3, -0.25) is 0 Å². The van der Waals surface area contributed by atoms with Crippen LogP contribution < -0.4 is 4.74 Å². The van der Waals surface area contributed by atoms with E-state index in [0.717, 1.165) is 16.9 Å². The molecular formula is C15H21NO4Si. The maximum absolute atomic E-state index is 11.1. The van der Waals surface area contributed by atoms with E-state index in [9.17, 15) is 4.79 Å². The van der Waals surface area contributed by atoms with Crippen molar-refractivity contribution in [1.29, 1.82) is 0 Å². The van der Waals surface area contributed by atoms with Crippen LogP contribution in [0.25, 0.3) is 10.9 Å². The van der Waals surface area contributed by atoms with Crippen LogP contribution in [0.4, 0.5) is 0 Å². The van der Waals surface area contributed by atoms with Crippen molar-refractivity contribution in [3.8, 4) is 5.75 Å². The summed E-state index contributed by atoms with van der Waals surface area (Å²) >= 11 is 0. The van der Waals surface area contributed by atoms with Gasteiger partial charge in [0.25, 0.3) is 0 Å². The molecule has 1 heterocycles. The number of nitrogens with one attached hydrogen (secondary N) is 1. The number of fused-ring (bicyclic) bond motifs is 1. The van der Waals surface area contributed by atoms with Crippen LogP contribution in [0.2, 0.25) is 25.7 Å². The average molecular weight is 307 g/mol. The Hall–Kier alpha value is -1.79. The Labute approximate surface area is 124 Å². The minimum Gasteiger partial charge on any atom is -0.478 e. The molecular weight excluding hydrogens is 286 g/mol. The Balaban J connectivity index is 2.01. The first-order valence-electron chi connectivity index (χ1n) is 6.92. The summed E-state index contributed by atoms with van der Waals surface area (Å²) in [5, 5.41) is 9.96. The summed E-state index contributed by atoms with van der Waals surface area (Å²) in [6.45, 7) is 7.67. The average Bonchev–Trinajstić information content (AvgIpc) is 2.84. The topological polar surface area (TPSA) is 71.6 Å². The Morgan fingerprint density at radius 3 is 2.76 bits per heavy atom. The van der Waals surface area contributed by atoms with Crippen LogP contribution >= 0.6 is 0 Å². The fourth-order valence-electron chi connectivity index (χ4n) is 1.92. The highest BCUT2D eigenvalue weighted by molar-refractivity contribution is 6.76. The van der Waals surface area contributed by atoms with E-state index in [0.29, 0.717) is 12.4 Å². The van der Waals surface area contributed by atoms with Gasteiger partial charge in [0.15, 0.2) is 6.79 Å². The van der Waals surface area contributed by atoms with Crippen LogP contribution in [0, 0.1) is 0 Å². The summed E-state index contributed by atoms with van der Waals surface area (Å²) in [6.07, 6.45) is 1.76. The minimum absolute atomic E-state index is 0.133. The maximum Gasteiger partial charge on any atom is 0.335 e. The SMILES string of the molecule is C[Si](C)(C)CCOCOc1cc(C(=O)O)cc2[nH]ccc12. The van der Waals surface area contributed by atoms with Gasteiger partial charge in [0.05, 0.1) is 5.56 Å². The van der Waals surface area contributed by atoms with Crippen molar-refractivity contribution in [3.63, 3.8) is 0 Å². The Bertz CT molecular complexity index is 630. The Kier molecular flexibility index (Phi) is 4.69. The van der Waals surface area contributed by atoms with Crippen LogP contribution in [0.3, 0.4) is 0 Å². The van der Waals surface area contributed by atoms with Gasteiger partial charge < -0.3 is 19.6 Å². The predicted molar refractivity (Wildman–Crippen MR) is 84.9 cm³/mol. The number of rotatable bonds is 7. The van der Waals surface area contributed by atoms with E-state index in [2.05, 4.69) is 24.6 Å². The molecule has 0 bridgehead atoms. The van der Waals surface area contributed by atoms with Gasteiger partial charge in [-0.25, -0.2) is 4.79 Å². The molecule has 0 aliphatic carbocycles. The molecule has 1 aromatic heterocycles. The monoisotopic (exact) mass is 307 g/mol. The van der Waals surface area contributed by atoms with Crippen LogP contribution in [0.5, 0.6) is 5.75 Å². The number of benzene rings is 1. The number of aromatic nitrogens is 1. The lowest BCUT2D eigenvalue weighted by molar-refractivity contribution is 0.0228. The summed E-state index contributed by atoms with van der Waals surface area (Å²) in [5.74, 6) is -0.449. The highest BCUT2D eigenvalue weighted by atomic mass is 28.3. The summed E-state index contributed by atoms with van der Waals surface area (Å²) in [7, 11) is -1.11. The van der Waals surface area contributed by atoms with Gasteiger partial charge in [-0.2, -0.15) is 0 Å². The van der Waals surface area contributed by atoms with Crippen LogP contribution in [0.1, 0.15) is 10.4 Å². The molecule has 114 valence electrons. The van der Waals surface area contributed by atoms with Crippen molar-refractivity contribution in [2.75, 3.05) is 13.4 Å². The standard InChI is InChI=1S/C15H21NO4Si/c1-21(2,3)7-6-19-10-20-14-9-11(15(17)18)8-13-12(14)4-5-16-13/h4-5,8-9,16H,6-7,10H2,1-3H3,(H,17,18). The van der Waals surface area contributed by atoms with E-state index in [1.807, 2.05) is 6.07 Å². The van der Waals surface area contributed by atoms with Gasteiger partial charge in [0.2, 0.25) is 0 Å². The molecule has 0 aliphatic rings. The van der Waals surface area contributed by atoms with E-state index in [1.54, 1.807) is 12.3 Å². The first-order valence-corrected chi connectivity index (χ1v) is 10.6. The third-order valence-electron chi connectivity index (χ3n) is 3.17. The number of carboxylic acids is 1. The quantitative estimate of drug-likeness (QED) is 0.466. The molecule has 0 fully saturated rings. The maximum atomic E-state index is 11.1. The van der Waals surface area contributed by atoms with E-state index < -0.39 is 14.0 Å². The van der Waals surface area contributed by atoms with Gasteiger partial charge >= 0.3 is 5.97 Å². The zero-order chi connectivity index (χ0) is 15.5. The van der Waals surface area contributed by atoms with Gasteiger partial charge in [-0.05, 0) is 24.2 Å². The fourth-order valence-corrected chi connectivity index (χ4v) is 2.67. The second kappa shape index (κ2) is 6.32. The second-order valence-corrected chi connectivity index (χ2v) is 11.8. The molecule has 1 aromatic carbocycles. The molecule has 0 saturated heterocycles. The summed E-state index contributed by atoms with van der Waals surface area (Å²) in [5.41, 5.74) is 0.939. The summed E-state index contributed by atoms with van der Waals surface area (Å²) in [4.78, 5) is 14.1. The van der Waals surface area contributed by atoms with Gasteiger partial charge in [-0.15, -0.1) is 0 Å². The smallest absolute Gasteiger partial charge is 0.335 e. The third-order valence-corrected chi connectivity index (χ3v) is 4.88. The van der Waals surface area contributed by atoms with Gasteiger partial charge in [0.1, 0.15) is 5.75 Å². The van der Waals surface area contributed by atoms with Crippen molar-refractivity contribution >= 4 is 24.9 Å². The van der Waals surface area contributed by atoms with E-state index in [4.69, 9.17) is 14.6 Å². The van der Waals surface area contributed by atoms with Crippen LogP contribution in [-0.2, 0) is 4.74 Å². The molecule has 2 N–H and O–H groups in total. The molecule has 6 heteroatoms. The largest absolute Gasteiger partial charge is 0.478 e. The van der Waals surface area contributed by atoms with E-state index in [-0.39, 0.29) is 12.4 Å². The number of carboxylic acid groups (broad SMARTS) is 1. The number of aromatic carboxylic acids is 1. The third kappa shape index (κ3) is 4.34. The molecule has 0 saturated carbocycles.